The van der Waals surface area contributed by atoms with Gasteiger partial charge in [-0.15, -0.1) is 10.2 Å². The first-order valence-corrected chi connectivity index (χ1v) is 12.3. The summed E-state index contributed by atoms with van der Waals surface area (Å²) in [7, 11) is -3.29. The zero-order chi connectivity index (χ0) is 20.3. The summed E-state index contributed by atoms with van der Waals surface area (Å²) in [5, 5.41) is 11.3. The average molecular weight is 447 g/mol. The minimum atomic E-state index is -3.29. The third kappa shape index (κ3) is 4.77. The highest BCUT2D eigenvalue weighted by molar-refractivity contribution is 8.00. The Morgan fingerprint density at radius 3 is 2.72 bits per heavy atom. The number of hydrogen-bond donors (Lipinski definition) is 1. The summed E-state index contributed by atoms with van der Waals surface area (Å²) in [6.45, 7) is 0.436. The molecule has 4 rings (SSSR count). The molecule has 2 aromatic carbocycles. The number of rotatable bonds is 6. The molecule has 0 atom stereocenters. The van der Waals surface area contributed by atoms with Crippen LogP contribution in [-0.4, -0.2) is 36.8 Å². The van der Waals surface area contributed by atoms with E-state index in [1.54, 1.807) is 36.0 Å². The van der Waals surface area contributed by atoms with Crippen molar-refractivity contribution in [3.8, 4) is 0 Å². The van der Waals surface area contributed by atoms with Crippen molar-refractivity contribution in [1.82, 2.24) is 10.2 Å². The quantitative estimate of drug-likeness (QED) is 0.459. The van der Waals surface area contributed by atoms with Gasteiger partial charge in [-0.1, -0.05) is 59.5 Å². The summed E-state index contributed by atoms with van der Waals surface area (Å²) in [4.78, 5) is 12.6. The summed E-state index contributed by atoms with van der Waals surface area (Å²) in [6.07, 6.45) is 0.590. The smallest absolute Gasteiger partial charge is 0.257 e. The largest absolute Gasteiger partial charge is 0.296 e. The number of sulfonamides is 1. The van der Waals surface area contributed by atoms with Gasteiger partial charge in [-0.05, 0) is 30.2 Å². The second kappa shape index (κ2) is 8.52. The van der Waals surface area contributed by atoms with Gasteiger partial charge in [0.15, 0.2) is 4.34 Å². The monoisotopic (exact) mass is 446 g/mol. The van der Waals surface area contributed by atoms with Crippen molar-refractivity contribution in [2.24, 2.45) is 0 Å². The van der Waals surface area contributed by atoms with Crippen molar-refractivity contribution in [2.45, 2.75) is 16.5 Å². The van der Waals surface area contributed by atoms with E-state index in [0.717, 1.165) is 10.1 Å². The molecule has 1 N–H and O–H groups in total. The van der Waals surface area contributed by atoms with E-state index in [9.17, 15) is 13.2 Å². The number of carbonyl (C=O) groups excluding carboxylic acids is 1. The molecule has 1 aromatic heterocycles. The van der Waals surface area contributed by atoms with E-state index in [4.69, 9.17) is 0 Å². The highest BCUT2D eigenvalue weighted by Crippen LogP contribution is 2.29. The average Bonchev–Trinajstić information content (AvgIpc) is 3.32. The van der Waals surface area contributed by atoms with Gasteiger partial charge in [0.05, 0.1) is 11.4 Å². The van der Waals surface area contributed by atoms with Crippen LogP contribution in [0.15, 0.2) is 58.9 Å². The third-order valence-corrected chi connectivity index (χ3v) is 8.24. The second-order valence-corrected chi connectivity index (χ2v) is 10.6. The zero-order valence-corrected chi connectivity index (χ0v) is 17.8. The van der Waals surface area contributed by atoms with Crippen LogP contribution in [0.4, 0.5) is 10.8 Å². The van der Waals surface area contributed by atoms with Crippen LogP contribution in [0.3, 0.4) is 0 Å². The lowest BCUT2D eigenvalue weighted by Crippen LogP contribution is -2.25. The minimum absolute atomic E-state index is 0.137. The van der Waals surface area contributed by atoms with Gasteiger partial charge in [0.25, 0.3) is 5.91 Å². The standard InChI is InChI=1S/C19H18N4O3S3/c24-17(15-8-4-9-16(12-15)23-10-5-11-29(23,25)26)20-18-21-22-19(28-18)27-13-14-6-2-1-3-7-14/h1-4,6-9,12H,5,10-11,13H2,(H,20,21,24). The normalized spacial score (nSPS) is 15.4. The van der Waals surface area contributed by atoms with Crippen LogP contribution in [0.25, 0.3) is 0 Å². The minimum Gasteiger partial charge on any atom is -0.296 e. The highest BCUT2D eigenvalue weighted by atomic mass is 32.2. The van der Waals surface area contributed by atoms with Crippen molar-refractivity contribution in [2.75, 3.05) is 21.9 Å². The molecule has 29 heavy (non-hydrogen) atoms. The Morgan fingerprint density at radius 2 is 1.97 bits per heavy atom. The van der Waals surface area contributed by atoms with Gasteiger partial charge in [-0.3, -0.25) is 14.4 Å². The number of carbonyl (C=O) groups is 1. The fraction of sp³-hybridized carbons (Fsp3) is 0.211. The Bertz CT molecular complexity index is 1120. The van der Waals surface area contributed by atoms with Crippen molar-refractivity contribution in [3.05, 3.63) is 65.7 Å². The lowest BCUT2D eigenvalue weighted by molar-refractivity contribution is 0.102. The van der Waals surface area contributed by atoms with E-state index >= 15 is 0 Å². The first-order valence-electron chi connectivity index (χ1n) is 8.93. The molecular formula is C19H18N4O3S3. The van der Waals surface area contributed by atoms with Gasteiger partial charge >= 0.3 is 0 Å². The number of anilines is 2. The molecule has 0 aliphatic carbocycles. The lowest BCUT2D eigenvalue weighted by atomic mass is 10.2. The summed E-state index contributed by atoms with van der Waals surface area (Å²) in [5.74, 6) is 0.562. The van der Waals surface area contributed by atoms with Gasteiger partial charge in [0, 0.05) is 17.9 Å². The first-order chi connectivity index (χ1) is 14.0. The van der Waals surface area contributed by atoms with Crippen LogP contribution in [0.1, 0.15) is 22.3 Å². The summed E-state index contributed by atoms with van der Waals surface area (Å²) in [6, 6.07) is 16.7. The van der Waals surface area contributed by atoms with Crippen LogP contribution < -0.4 is 9.62 Å². The highest BCUT2D eigenvalue weighted by Gasteiger charge is 2.28. The van der Waals surface area contributed by atoms with E-state index in [0.29, 0.717) is 29.3 Å². The number of nitrogens with zero attached hydrogens (tertiary/aromatic N) is 3. The molecule has 3 aromatic rings. The van der Waals surface area contributed by atoms with Gasteiger partial charge in [-0.25, -0.2) is 8.42 Å². The molecule has 7 nitrogen and oxygen atoms in total. The maximum absolute atomic E-state index is 12.6. The SMILES string of the molecule is O=C(Nc1nnc(SCc2ccccc2)s1)c1cccc(N2CCCS2(=O)=O)c1. The molecule has 0 bridgehead atoms. The van der Waals surface area contributed by atoms with Gasteiger partial charge in [0.2, 0.25) is 15.2 Å². The van der Waals surface area contributed by atoms with Crippen molar-refractivity contribution in [1.29, 1.82) is 0 Å². The number of hydrogen-bond acceptors (Lipinski definition) is 7. The predicted molar refractivity (Wildman–Crippen MR) is 116 cm³/mol. The number of benzene rings is 2. The predicted octanol–water partition coefficient (Wildman–Crippen LogP) is 3.62. The molecule has 1 amide bonds. The topological polar surface area (TPSA) is 92.3 Å². The van der Waals surface area contributed by atoms with Crippen LogP contribution in [0.5, 0.6) is 0 Å². The Hall–Kier alpha value is -2.43. The molecule has 0 radical (unpaired) electrons. The number of amides is 1. The van der Waals surface area contributed by atoms with Crippen molar-refractivity contribution in [3.63, 3.8) is 0 Å². The molecule has 1 aliphatic rings. The summed E-state index contributed by atoms with van der Waals surface area (Å²) in [5.41, 5.74) is 2.07. The maximum Gasteiger partial charge on any atom is 0.257 e. The van der Waals surface area contributed by atoms with Crippen LogP contribution in [0.2, 0.25) is 0 Å². The molecule has 10 heteroatoms. The van der Waals surface area contributed by atoms with E-state index in [1.165, 1.54) is 21.2 Å². The Kier molecular flexibility index (Phi) is 5.84. The Morgan fingerprint density at radius 1 is 1.14 bits per heavy atom. The number of aromatic nitrogens is 2. The summed E-state index contributed by atoms with van der Waals surface area (Å²) >= 11 is 2.86. The maximum atomic E-state index is 12.6. The third-order valence-electron chi connectivity index (χ3n) is 4.33. The van der Waals surface area contributed by atoms with Gasteiger partial charge in [-0.2, -0.15) is 0 Å². The fourth-order valence-corrected chi connectivity index (χ4v) is 6.20. The lowest BCUT2D eigenvalue weighted by Gasteiger charge is -2.17. The molecule has 1 fully saturated rings. The molecule has 2 heterocycles. The molecule has 0 spiro atoms. The fourth-order valence-electron chi connectivity index (χ4n) is 2.94. The molecular weight excluding hydrogens is 428 g/mol. The Balaban J connectivity index is 1.41. The number of thioether (sulfide) groups is 1. The van der Waals surface area contributed by atoms with Crippen LogP contribution >= 0.6 is 23.1 Å². The van der Waals surface area contributed by atoms with Crippen molar-refractivity contribution >= 4 is 49.8 Å². The van der Waals surface area contributed by atoms with E-state index < -0.39 is 10.0 Å². The summed E-state index contributed by atoms with van der Waals surface area (Å²) < 4.78 is 26.3. The molecule has 1 aliphatic heterocycles. The molecule has 150 valence electrons. The van der Waals surface area contributed by atoms with Gasteiger partial charge < -0.3 is 0 Å². The van der Waals surface area contributed by atoms with E-state index in [2.05, 4.69) is 15.5 Å². The molecule has 1 saturated heterocycles. The first kappa shape index (κ1) is 19.9. The number of nitrogens with one attached hydrogen (secondary N) is 1. The van der Waals surface area contributed by atoms with E-state index in [-0.39, 0.29) is 11.7 Å². The van der Waals surface area contributed by atoms with Crippen molar-refractivity contribution < 1.29 is 13.2 Å². The zero-order valence-electron chi connectivity index (χ0n) is 15.3. The van der Waals surface area contributed by atoms with Gasteiger partial charge in [0.1, 0.15) is 0 Å². The molecule has 0 saturated carbocycles. The van der Waals surface area contributed by atoms with Crippen LogP contribution in [0, 0.1) is 0 Å². The second-order valence-electron chi connectivity index (χ2n) is 6.39. The van der Waals surface area contributed by atoms with E-state index in [1.807, 2.05) is 30.3 Å². The van der Waals surface area contributed by atoms with Crippen LogP contribution in [-0.2, 0) is 15.8 Å². The Labute approximate surface area is 177 Å². The molecule has 0 unspecified atom stereocenters.